The summed E-state index contributed by atoms with van der Waals surface area (Å²) < 4.78 is 24.0. The van der Waals surface area contributed by atoms with Gasteiger partial charge in [0.25, 0.3) is 5.56 Å². The molecule has 0 bridgehead atoms. The number of amides is 2. The monoisotopic (exact) mass is 918 g/mol. The maximum absolute atomic E-state index is 15.2. The molecular weight excluding hydrogens is 876 g/mol. The summed E-state index contributed by atoms with van der Waals surface area (Å²) in [5.74, 6) is -1.57. The van der Waals surface area contributed by atoms with E-state index in [0.29, 0.717) is 44.4 Å². The highest BCUT2D eigenvalue weighted by Crippen LogP contribution is 2.61. The van der Waals surface area contributed by atoms with Gasteiger partial charge in [0.2, 0.25) is 11.8 Å². The third-order valence-electron chi connectivity index (χ3n) is 13.6. The van der Waals surface area contributed by atoms with Crippen molar-refractivity contribution in [3.63, 3.8) is 0 Å². The first kappa shape index (κ1) is 42.1. The van der Waals surface area contributed by atoms with Gasteiger partial charge in [-0.1, -0.05) is 23.7 Å². The predicted octanol–water partition coefficient (Wildman–Crippen LogP) is 5.47. The van der Waals surface area contributed by atoms with Gasteiger partial charge >= 0.3 is 11.4 Å². The summed E-state index contributed by atoms with van der Waals surface area (Å²) in [6.45, 7) is 3.57. The predicted molar refractivity (Wildman–Crippen MR) is 244 cm³/mol. The van der Waals surface area contributed by atoms with Crippen LogP contribution in [0.5, 0.6) is 23.0 Å². The van der Waals surface area contributed by atoms with Gasteiger partial charge < -0.3 is 23.9 Å². The fourth-order valence-electron chi connectivity index (χ4n) is 10.3. The van der Waals surface area contributed by atoms with Gasteiger partial charge in [0.15, 0.2) is 23.0 Å². The van der Waals surface area contributed by atoms with Gasteiger partial charge in [0, 0.05) is 60.9 Å². The molecule has 1 N–H and O–H groups in total. The van der Waals surface area contributed by atoms with E-state index in [9.17, 15) is 19.5 Å². The Hall–Kier alpha value is -6.92. The molecule has 0 unspecified atom stereocenters. The molecule has 2 aliphatic heterocycles. The van der Waals surface area contributed by atoms with Crippen LogP contribution in [0.3, 0.4) is 0 Å². The molecule has 334 valence electrons. The minimum absolute atomic E-state index is 0.0133. The van der Waals surface area contributed by atoms with E-state index in [2.05, 4.69) is 4.98 Å². The highest BCUT2D eigenvalue weighted by atomic mass is 35.5. The summed E-state index contributed by atoms with van der Waals surface area (Å²) in [6.07, 6.45) is 1.81. The van der Waals surface area contributed by atoms with Gasteiger partial charge in [-0.3, -0.25) is 19.1 Å². The van der Waals surface area contributed by atoms with E-state index in [1.165, 1.54) is 62.2 Å². The number of phenolic OH excluding ortho intramolecular Hbond substituents is 1. The van der Waals surface area contributed by atoms with Gasteiger partial charge in [0.05, 0.1) is 61.2 Å². The van der Waals surface area contributed by atoms with Crippen LogP contribution in [-0.4, -0.2) is 71.5 Å². The van der Waals surface area contributed by atoms with E-state index >= 15 is 9.59 Å². The van der Waals surface area contributed by atoms with Crippen molar-refractivity contribution in [2.45, 2.75) is 51.7 Å². The molecule has 10 rings (SSSR count). The Morgan fingerprint density at radius 3 is 2.38 bits per heavy atom. The van der Waals surface area contributed by atoms with E-state index in [1.54, 1.807) is 51.4 Å². The number of hydrogen-bond acceptors (Lipinski definition) is 12. The molecule has 0 radical (unpaired) electrons. The quantitative estimate of drug-likeness (QED) is 0.143. The lowest BCUT2D eigenvalue weighted by Gasteiger charge is -2.47. The lowest BCUT2D eigenvalue weighted by molar-refractivity contribution is -0.129. The number of halogens is 1. The summed E-state index contributed by atoms with van der Waals surface area (Å²) in [7, 11) is 7.71. The Bertz CT molecular complexity index is 3430. The largest absolute Gasteiger partial charge is 0.504 e. The maximum atomic E-state index is 15.2. The van der Waals surface area contributed by atoms with Gasteiger partial charge in [-0.15, -0.1) is 11.3 Å². The van der Waals surface area contributed by atoms with Gasteiger partial charge in [-0.05, 0) is 72.7 Å². The second-order valence-electron chi connectivity index (χ2n) is 16.9. The number of anilines is 1. The van der Waals surface area contributed by atoms with Gasteiger partial charge in [-0.25, -0.2) is 33.4 Å². The first-order valence-electron chi connectivity index (χ1n) is 20.8. The van der Waals surface area contributed by atoms with E-state index in [-0.39, 0.29) is 48.9 Å². The summed E-state index contributed by atoms with van der Waals surface area (Å²) in [6, 6.07) is 14.8. The number of ether oxygens (including phenoxy) is 3. The van der Waals surface area contributed by atoms with Crippen LogP contribution >= 0.6 is 22.9 Å². The van der Waals surface area contributed by atoms with E-state index < -0.39 is 52.0 Å². The zero-order valence-electron chi connectivity index (χ0n) is 36.4. The number of nitrogens with zero attached hydrogens (tertiary/aromatic N) is 8. The molecule has 65 heavy (non-hydrogen) atoms. The zero-order valence-corrected chi connectivity index (χ0v) is 38.0. The van der Waals surface area contributed by atoms with Crippen LogP contribution in [0.1, 0.15) is 42.1 Å². The number of carbonyl (C=O) groups excluding carboxylic acids is 2. The molecule has 2 amide bonds. The van der Waals surface area contributed by atoms with E-state index in [4.69, 9.17) is 30.9 Å². The van der Waals surface area contributed by atoms with Crippen molar-refractivity contribution in [1.82, 2.24) is 33.3 Å². The summed E-state index contributed by atoms with van der Waals surface area (Å²) in [4.78, 5) is 79.3. The van der Waals surface area contributed by atoms with Gasteiger partial charge in [-0.2, -0.15) is 5.10 Å². The number of methoxy groups -OCH3 is 3. The zero-order chi connectivity index (χ0) is 46.0. The van der Waals surface area contributed by atoms with Crippen LogP contribution in [0.15, 0.2) is 80.6 Å². The second-order valence-corrected chi connectivity index (χ2v) is 18.3. The number of aromatic nitrogens is 7. The maximum Gasteiger partial charge on any atom is 0.347 e. The fraction of sp³-hybridized carbons (Fsp3) is 0.326. The van der Waals surface area contributed by atoms with Crippen molar-refractivity contribution in [3.8, 4) is 33.6 Å². The smallest absolute Gasteiger partial charge is 0.347 e. The molecule has 1 saturated carbocycles. The van der Waals surface area contributed by atoms with Crippen molar-refractivity contribution < 1.29 is 28.9 Å². The lowest BCUT2D eigenvalue weighted by atomic mass is 9.56. The molecule has 17 nitrogen and oxygen atoms in total. The molecule has 3 aliphatic rings. The number of imide groups is 1. The molecule has 4 aromatic heterocycles. The fourth-order valence-corrected chi connectivity index (χ4v) is 11.6. The number of benzene rings is 3. The molecule has 1 saturated heterocycles. The molecule has 19 heteroatoms. The molecule has 6 heterocycles. The van der Waals surface area contributed by atoms with Gasteiger partial charge in [0.1, 0.15) is 17.2 Å². The molecule has 2 fully saturated rings. The number of rotatable bonds is 9. The number of aromatic hydroxyl groups is 1. The SMILES string of the molecule is COc1ccc([C@H]2C3=CCn4c(=O)n(CCc5nc6cc(OC)c(OC)cc6n(C)c5=O)c(=O)n4[C@@H]3C[C@H]3C(=O)N(c4cc(-c5sc6ccc(Cl)cc6c5C)nn4C)C(=O)[C@@]23C)cc1O. The van der Waals surface area contributed by atoms with Crippen LogP contribution in [0.4, 0.5) is 5.82 Å². The lowest BCUT2D eigenvalue weighted by Crippen LogP contribution is -2.49. The van der Waals surface area contributed by atoms with Crippen LogP contribution in [-0.2, 0) is 43.2 Å². The Morgan fingerprint density at radius 2 is 1.66 bits per heavy atom. The molecule has 7 aromatic rings. The molecular formula is C46H43ClN8O9S. The minimum atomic E-state index is -1.40. The number of thiophene rings is 1. The number of carbonyl (C=O) groups is 2. The highest BCUT2D eigenvalue weighted by Gasteiger charge is 2.66. The van der Waals surface area contributed by atoms with Crippen molar-refractivity contribution >= 4 is 61.7 Å². The summed E-state index contributed by atoms with van der Waals surface area (Å²) in [5, 5.41) is 17.5. The van der Waals surface area contributed by atoms with Crippen LogP contribution in [0.25, 0.3) is 31.7 Å². The van der Waals surface area contributed by atoms with Crippen molar-refractivity contribution in [3.05, 3.63) is 119 Å². The standard InChI is InChI=1S/C46H43ClN8O9S/c1-22-26-17-24(47)9-11-37(26)65-40(22)30-20-38(51(4)49-30)54-41(57)27-18-31-25(39(46(27,2)43(54)59)23-8-10-34(62-5)33(56)16-23)12-15-53-44(60)52(45(61)55(31)53)14-13-28-42(58)50(3)32-21-36(64-7)35(63-6)19-29(32)48-28/h8-12,16-17,19-21,27,31,39,56H,13-15,18H2,1-7H3/t27-,31+,39-,46+/m0/s1. The Balaban J connectivity index is 1.05. The summed E-state index contributed by atoms with van der Waals surface area (Å²) in [5.41, 5.74) is 0.785. The van der Waals surface area contributed by atoms with Crippen molar-refractivity contribution in [2.24, 2.45) is 25.4 Å². The molecule has 0 spiro atoms. The average Bonchev–Trinajstić information content (AvgIpc) is 3.96. The van der Waals surface area contributed by atoms with E-state index in [1.807, 2.05) is 31.2 Å². The first-order valence-corrected chi connectivity index (χ1v) is 22.0. The minimum Gasteiger partial charge on any atom is -0.504 e. The number of allylic oxidation sites excluding steroid dienone is 2. The van der Waals surface area contributed by atoms with Crippen LogP contribution < -0.4 is 36.0 Å². The Labute approximate surface area is 378 Å². The first-order chi connectivity index (χ1) is 31.1. The average molecular weight is 919 g/mol. The third kappa shape index (κ3) is 6.06. The number of hydrogen-bond donors (Lipinski definition) is 1. The topological polar surface area (TPSA) is 187 Å². The van der Waals surface area contributed by atoms with E-state index in [0.717, 1.165) is 25.1 Å². The third-order valence-corrected chi connectivity index (χ3v) is 15.1. The molecule has 3 aromatic carbocycles. The second kappa shape index (κ2) is 15.1. The Kier molecular flexibility index (Phi) is 9.76. The van der Waals surface area contributed by atoms with Crippen LogP contribution in [0, 0.1) is 18.3 Å². The summed E-state index contributed by atoms with van der Waals surface area (Å²) >= 11 is 7.87. The number of fused-ring (bicyclic) bond motifs is 6. The Morgan fingerprint density at radius 1 is 0.923 bits per heavy atom. The molecule has 1 aliphatic carbocycles. The van der Waals surface area contributed by atoms with Crippen molar-refractivity contribution in [1.29, 1.82) is 0 Å². The normalized spacial score (nSPS) is 20.3. The van der Waals surface area contributed by atoms with Crippen molar-refractivity contribution in [2.75, 3.05) is 26.2 Å². The number of phenols is 1. The highest BCUT2D eigenvalue weighted by molar-refractivity contribution is 7.22. The molecule has 4 atom stereocenters. The van der Waals surface area contributed by atoms with Crippen LogP contribution in [0.2, 0.25) is 5.02 Å². The number of aryl methyl sites for hydroxylation is 4.